The van der Waals surface area contributed by atoms with Gasteiger partial charge in [-0.05, 0) is 50.3 Å². The number of nitrogens with zero attached hydrogens (tertiary/aromatic N) is 1. The highest BCUT2D eigenvalue weighted by Crippen LogP contribution is 2.29. The second-order valence-corrected chi connectivity index (χ2v) is 8.44. The van der Waals surface area contributed by atoms with Crippen LogP contribution in [0.2, 0.25) is 0 Å². The zero-order valence-corrected chi connectivity index (χ0v) is 17.7. The Balaban J connectivity index is 1.92. The minimum Gasteiger partial charge on any atom is -0.493 e. The van der Waals surface area contributed by atoms with Crippen LogP contribution in [0.25, 0.3) is 0 Å². The summed E-state index contributed by atoms with van der Waals surface area (Å²) < 4.78 is 37.1. The van der Waals surface area contributed by atoms with Gasteiger partial charge in [-0.25, -0.2) is 13.1 Å². The van der Waals surface area contributed by atoms with Crippen molar-refractivity contribution in [2.24, 2.45) is 0 Å². The van der Waals surface area contributed by atoms with Gasteiger partial charge in [-0.15, -0.1) is 0 Å². The standard InChI is InChI=1S/C20H30N2O5S/c1-5-16-12-15(4)18(26-6-2)13-19(16)27-14-20(23)22-10-8-17(9-11-22)21-28(24,25)7-3/h7,12-13,17,21H,3,5-6,8-11,14H2,1-2,4H3. The lowest BCUT2D eigenvalue weighted by atomic mass is 10.1. The van der Waals surface area contributed by atoms with Crippen LogP contribution in [0.4, 0.5) is 0 Å². The van der Waals surface area contributed by atoms with Gasteiger partial charge in [-0.1, -0.05) is 13.5 Å². The van der Waals surface area contributed by atoms with E-state index in [9.17, 15) is 13.2 Å². The third-order valence-corrected chi connectivity index (χ3v) is 5.89. The van der Waals surface area contributed by atoms with Crippen molar-refractivity contribution in [2.75, 3.05) is 26.3 Å². The molecule has 0 atom stereocenters. The van der Waals surface area contributed by atoms with Gasteiger partial charge in [0.05, 0.1) is 6.61 Å². The molecule has 1 aliphatic rings. The molecule has 1 saturated heterocycles. The number of carbonyl (C=O) groups is 1. The molecule has 1 aromatic rings. The lowest BCUT2D eigenvalue weighted by Crippen LogP contribution is -2.47. The predicted octanol–water partition coefficient (Wildman–Crippen LogP) is 2.39. The number of hydrogen-bond donors (Lipinski definition) is 1. The van der Waals surface area contributed by atoms with Crippen molar-refractivity contribution in [1.29, 1.82) is 0 Å². The summed E-state index contributed by atoms with van der Waals surface area (Å²) in [7, 11) is -3.45. The van der Waals surface area contributed by atoms with Crippen molar-refractivity contribution in [2.45, 2.75) is 46.1 Å². The third-order valence-electron chi connectivity index (χ3n) is 4.79. The molecule has 0 spiro atoms. The fraction of sp³-hybridized carbons (Fsp3) is 0.550. The van der Waals surface area contributed by atoms with E-state index in [-0.39, 0.29) is 18.6 Å². The number of ether oxygens (including phenoxy) is 2. The molecule has 0 aliphatic carbocycles. The highest BCUT2D eigenvalue weighted by molar-refractivity contribution is 7.92. The van der Waals surface area contributed by atoms with Crippen molar-refractivity contribution in [3.63, 3.8) is 0 Å². The molecule has 0 radical (unpaired) electrons. The van der Waals surface area contributed by atoms with E-state index in [0.29, 0.717) is 38.3 Å². The van der Waals surface area contributed by atoms with Crippen LogP contribution in [0.3, 0.4) is 0 Å². The van der Waals surface area contributed by atoms with Gasteiger partial charge in [-0.2, -0.15) is 0 Å². The Morgan fingerprint density at radius 2 is 1.93 bits per heavy atom. The minimum atomic E-state index is -3.45. The van der Waals surface area contributed by atoms with Gasteiger partial charge in [-0.3, -0.25) is 4.79 Å². The number of benzene rings is 1. The van der Waals surface area contributed by atoms with Crippen molar-refractivity contribution in [1.82, 2.24) is 9.62 Å². The molecule has 2 rings (SSSR count). The Kier molecular flexibility index (Phi) is 7.88. The summed E-state index contributed by atoms with van der Waals surface area (Å²) in [6, 6.07) is 3.70. The Bertz CT molecular complexity index is 799. The molecule has 7 nitrogen and oxygen atoms in total. The summed E-state index contributed by atoms with van der Waals surface area (Å²) in [5, 5.41) is 0.905. The van der Waals surface area contributed by atoms with Crippen molar-refractivity contribution >= 4 is 15.9 Å². The summed E-state index contributed by atoms with van der Waals surface area (Å²) in [5.74, 6) is 1.32. The largest absolute Gasteiger partial charge is 0.493 e. The van der Waals surface area contributed by atoms with Crippen molar-refractivity contribution in [3.8, 4) is 11.5 Å². The first-order valence-corrected chi connectivity index (χ1v) is 11.2. The molecule has 156 valence electrons. The molecule has 28 heavy (non-hydrogen) atoms. The number of nitrogens with one attached hydrogen (secondary N) is 1. The molecule has 1 fully saturated rings. The van der Waals surface area contributed by atoms with Crippen LogP contribution in [0, 0.1) is 6.92 Å². The van der Waals surface area contributed by atoms with Gasteiger partial charge in [0, 0.05) is 30.6 Å². The fourth-order valence-corrected chi connectivity index (χ4v) is 4.01. The van der Waals surface area contributed by atoms with Crippen LogP contribution in [-0.2, 0) is 21.2 Å². The smallest absolute Gasteiger partial charge is 0.260 e. The van der Waals surface area contributed by atoms with E-state index in [4.69, 9.17) is 9.47 Å². The monoisotopic (exact) mass is 410 g/mol. The Labute approximate surface area is 167 Å². The van der Waals surface area contributed by atoms with E-state index in [1.807, 2.05) is 32.9 Å². The first kappa shape index (κ1) is 22.2. The fourth-order valence-electron chi connectivity index (χ4n) is 3.21. The van der Waals surface area contributed by atoms with Crippen molar-refractivity contribution in [3.05, 3.63) is 35.2 Å². The maximum atomic E-state index is 12.5. The predicted molar refractivity (Wildman–Crippen MR) is 109 cm³/mol. The van der Waals surface area contributed by atoms with Crippen LogP contribution >= 0.6 is 0 Å². The molecule has 0 bridgehead atoms. The molecule has 0 aromatic heterocycles. The van der Waals surface area contributed by atoms with E-state index >= 15 is 0 Å². The minimum absolute atomic E-state index is 0.0509. The molecule has 1 amide bonds. The topological polar surface area (TPSA) is 84.9 Å². The number of aryl methyl sites for hydroxylation is 2. The summed E-state index contributed by atoms with van der Waals surface area (Å²) in [4.78, 5) is 14.2. The molecule has 0 unspecified atom stereocenters. The Morgan fingerprint density at radius 1 is 1.25 bits per heavy atom. The number of likely N-dealkylation sites (tertiary alicyclic amines) is 1. The van der Waals surface area contributed by atoms with Crippen molar-refractivity contribution < 1.29 is 22.7 Å². The SMILES string of the molecule is C=CS(=O)(=O)NC1CCN(C(=O)COc2cc(OCC)c(C)cc2CC)CC1. The van der Waals surface area contributed by atoms with E-state index in [0.717, 1.165) is 28.7 Å². The lowest BCUT2D eigenvalue weighted by Gasteiger charge is -2.32. The number of hydrogen-bond acceptors (Lipinski definition) is 5. The zero-order valence-electron chi connectivity index (χ0n) is 16.9. The molecular weight excluding hydrogens is 380 g/mol. The second kappa shape index (κ2) is 9.93. The van der Waals surface area contributed by atoms with Gasteiger partial charge in [0.15, 0.2) is 6.61 Å². The van der Waals surface area contributed by atoms with Gasteiger partial charge in [0.1, 0.15) is 11.5 Å². The average Bonchev–Trinajstić information content (AvgIpc) is 2.68. The highest BCUT2D eigenvalue weighted by Gasteiger charge is 2.25. The number of piperidine rings is 1. The maximum absolute atomic E-state index is 12.5. The van der Waals surface area contributed by atoms with E-state index < -0.39 is 10.0 Å². The van der Waals surface area contributed by atoms with Gasteiger partial charge in [0.2, 0.25) is 10.0 Å². The first-order chi connectivity index (χ1) is 13.3. The first-order valence-electron chi connectivity index (χ1n) is 9.61. The summed E-state index contributed by atoms with van der Waals surface area (Å²) in [6.07, 6.45) is 1.93. The Morgan fingerprint density at radius 3 is 2.50 bits per heavy atom. The number of rotatable bonds is 9. The van der Waals surface area contributed by atoms with Gasteiger partial charge < -0.3 is 14.4 Å². The van der Waals surface area contributed by atoms with Crippen LogP contribution in [0.15, 0.2) is 24.1 Å². The zero-order chi connectivity index (χ0) is 20.7. The van der Waals surface area contributed by atoms with E-state index in [1.165, 1.54) is 0 Å². The summed E-state index contributed by atoms with van der Waals surface area (Å²) >= 11 is 0. The van der Waals surface area contributed by atoms with Crippen LogP contribution in [0.5, 0.6) is 11.5 Å². The quantitative estimate of drug-likeness (QED) is 0.676. The maximum Gasteiger partial charge on any atom is 0.260 e. The van der Waals surface area contributed by atoms with E-state index in [1.54, 1.807) is 4.90 Å². The Hall–Kier alpha value is -2.06. The molecular formula is C20H30N2O5S. The van der Waals surface area contributed by atoms with Crippen LogP contribution in [-0.4, -0.2) is 51.6 Å². The summed E-state index contributed by atoms with van der Waals surface area (Å²) in [5.41, 5.74) is 2.08. The normalized spacial score (nSPS) is 15.3. The molecule has 8 heteroatoms. The molecule has 1 N–H and O–H groups in total. The summed E-state index contributed by atoms with van der Waals surface area (Å²) in [6.45, 7) is 10.7. The highest BCUT2D eigenvalue weighted by atomic mass is 32.2. The van der Waals surface area contributed by atoms with Gasteiger partial charge in [0.25, 0.3) is 5.91 Å². The van der Waals surface area contributed by atoms with E-state index in [2.05, 4.69) is 11.3 Å². The molecule has 1 aliphatic heterocycles. The van der Waals surface area contributed by atoms with Crippen LogP contribution in [0.1, 0.15) is 37.8 Å². The number of sulfonamides is 1. The second-order valence-electron chi connectivity index (χ2n) is 6.79. The lowest BCUT2D eigenvalue weighted by molar-refractivity contribution is -0.134. The average molecular weight is 411 g/mol. The van der Waals surface area contributed by atoms with Crippen LogP contribution < -0.4 is 14.2 Å². The number of carbonyl (C=O) groups excluding carboxylic acids is 1. The molecule has 0 saturated carbocycles. The third kappa shape index (κ3) is 5.97. The number of amides is 1. The molecule has 1 aromatic carbocycles. The molecule has 1 heterocycles. The van der Waals surface area contributed by atoms with Gasteiger partial charge >= 0.3 is 0 Å².